The number of hydrogen-bond donors (Lipinski definition) is 2. The predicted molar refractivity (Wildman–Crippen MR) is 67.8 cm³/mol. The lowest BCUT2D eigenvalue weighted by Gasteiger charge is -2.34. The maximum absolute atomic E-state index is 6.44. The van der Waals surface area contributed by atoms with Gasteiger partial charge in [-0.1, -0.05) is 18.5 Å². The van der Waals surface area contributed by atoms with Crippen molar-refractivity contribution < 1.29 is 4.52 Å². The van der Waals surface area contributed by atoms with Crippen LogP contribution >= 0.6 is 0 Å². The van der Waals surface area contributed by atoms with E-state index in [2.05, 4.69) is 32.5 Å². The Hall–Kier alpha value is -1.76. The molecule has 7 nitrogen and oxygen atoms in total. The first-order valence-corrected chi connectivity index (χ1v) is 6.70. The zero-order valence-corrected chi connectivity index (χ0v) is 11.0. The zero-order chi connectivity index (χ0) is 13.3. The molecular formula is C12H18N6O. The Kier molecular flexibility index (Phi) is 3.06. The molecule has 0 saturated heterocycles. The normalized spacial score (nSPS) is 27.6. The maximum Gasteiger partial charge on any atom is 0.280 e. The van der Waals surface area contributed by atoms with Crippen LogP contribution in [-0.2, 0) is 5.54 Å². The Morgan fingerprint density at radius 2 is 2.26 bits per heavy atom. The number of hydrogen-bond acceptors (Lipinski definition) is 6. The summed E-state index contributed by atoms with van der Waals surface area (Å²) < 4.78 is 5.22. The van der Waals surface area contributed by atoms with Crippen molar-refractivity contribution in [2.24, 2.45) is 11.7 Å². The van der Waals surface area contributed by atoms with E-state index in [9.17, 15) is 0 Å². The molecule has 0 aromatic carbocycles. The summed E-state index contributed by atoms with van der Waals surface area (Å²) in [7, 11) is 0. The van der Waals surface area contributed by atoms with E-state index in [1.54, 1.807) is 6.20 Å². The number of nitrogens with one attached hydrogen (secondary N) is 1. The highest BCUT2D eigenvalue weighted by molar-refractivity contribution is 5.43. The smallest absolute Gasteiger partial charge is 0.280 e. The van der Waals surface area contributed by atoms with Crippen LogP contribution in [0.1, 0.15) is 44.9 Å². The third-order valence-corrected chi connectivity index (χ3v) is 4.08. The number of aromatic nitrogens is 5. The summed E-state index contributed by atoms with van der Waals surface area (Å²) >= 11 is 0. The molecule has 2 heterocycles. The van der Waals surface area contributed by atoms with E-state index < -0.39 is 5.54 Å². The van der Waals surface area contributed by atoms with Crippen LogP contribution in [0.25, 0.3) is 11.6 Å². The Labute approximate surface area is 111 Å². The zero-order valence-electron chi connectivity index (χ0n) is 11.0. The van der Waals surface area contributed by atoms with E-state index in [1.807, 2.05) is 0 Å². The predicted octanol–water partition coefficient (Wildman–Crippen LogP) is 1.61. The minimum atomic E-state index is -0.461. The number of aromatic amines is 1. The Balaban J connectivity index is 1.79. The third kappa shape index (κ3) is 2.25. The lowest BCUT2D eigenvalue weighted by atomic mass is 9.76. The third-order valence-electron chi connectivity index (χ3n) is 4.08. The average molecular weight is 262 g/mol. The quantitative estimate of drug-likeness (QED) is 0.870. The van der Waals surface area contributed by atoms with E-state index >= 15 is 0 Å². The lowest BCUT2D eigenvalue weighted by molar-refractivity contribution is 0.216. The lowest BCUT2D eigenvalue weighted by Crippen LogP contribution is -2.41. The summed E-state index contributed by atoms with van der Waals surface area (Å²) in [5.41, 5.74) is 6.52. The molecule has 1 saturated carbocycles. The summed E-state index contributed by atoms with van der Waals surface area (Å²) in [6.07, 6.45) is 6.83. The van der Waals surface area contributed by atoms with Crippen molar-refractivity contribution >= 4 is 0 Å². The van der Waals surface area contributed by atoms with Gasteiger partial charge in [-0.3, -0.25) is 0 Å². The van der Waals surface area contributed by atoms with Crippen LogP contribution in [0.3, 0.4) is 0 Å². The number of nitrogens with zero attached hydrogens (tertiary/aromatic N) is 4. The first-order valence-electron chi connectivity index (χ1n) is 6.70. The molecule has 3 rings (SSSR count). The summed E-state index contributed by atoms with van der Waals surface area (Å²) in [5, 5.41) is 14.2. The molecule has 0 amide bonds. The van der Waals surface area contributed by atoms with Crippen LogP contribution in [0.5, 0.6) is 0 Å². The molecule has 0 unspecified atom stereocenters. The Morgan fingerprint density at radius 3 is 2.89 bits per heavy atom. The van der Waals surface area contributed by atoms with Crippen LogP contribution in [0.15, 0.2) is 10.7 Å². The van der Waals surface area contributed by atoms with Crippen molar-refractivity contribution in [3.8, 4) is 11.6 Å². The van der Waals surface area contributed by atoms with E-state index in [0.717, 1.165) is 31.6 Å². The van der Waals surface area contributed by atoms with Gasteiger partial charge in [0.15, 0.2) is 11.5 Å². The van der Waals surface area contributed by atoms with Gasteiger partial charge in [0.25, 0.3) is 5.89 Å². The molecule has 0 atom stereocenters. The molecular weight excluding hydrogens is 244 g/mol. The van der Waals surface area contributed by atoms with Gasteiger partial charge in [-0.2, -0.15) is 20.4 Å². The van der Waals surface area contributed by atoms with Gasteiger partial charge in [-0.15, -0.1) is 0 Å². The molecule has 2 aromatic heterocycles. The number of nitrogens with two attached hydrogens (primary N) is 1. The Bertz CT molecular complexity index is 526. The van der Waals surface area contributed by atoms with E-state index in [1.165, 1.54) is 6.42 Å². The molecule has 0 bridgehead atoms. The van der Waals surface area contributed by atoms with Crippen molar-refractivity contribution in [2.75, 3.05) is 0 Å². The second-order valence-corrected chi connectivity index (χ2v) is 5.29. The van der Waals surface area contributed by atoms with Crippen molar-refractivity contribution in [3.05, 3.63) is 12.0 Å². The summed E-state index contributed by atoms with van der Waals surface area (Å²) in [6.45, 7) is 2.23. The monoisotopic (exact) mass is 262 g/mol. The second-order valence-electron chi connectivity index (χ2n) is 5.29. The van der Waals surface area contributed by atoms with Gasteiger partial charge >= 0.3 is 0 Å². The highest BCUT2D eigenvalue weighted by Gasteiger charge is 2.37. The Morgan fingerprint density at radius 1 is 1.47 bits per heavy atom. The van der Waals surface area contributed by atoms with Crippen LogP contribution in [0, 0.1) is 5.92 Å². The van der Waals surface area contributed by atoms with Gasteiger partial charge in [-0.05, 0) is 31.6 Å². The maximum atomic E-state index is 6.44. The molecule has 102 valence electrons. The van der Waals surface area contributed by atoms with Crippen molar-refractivity contribution in [1.82, 2.24) is 25.6 Å². The second kappa shape index (κ2) is 4.73. The van der Waals surface area contributed by atoms with Gasteiger partial charge in [0.2, 0.25) is 0 Å². The van der Waals surface area contributed by atoms with Gasteiger partial charge < -0.3 is 10.3 Å². The van der Waals surface area contributed by atoms with Gasteiger partial charge in [0.05, 0.1) is 11.7 Å². The van der Waals surface area contributed by atoms with Crippen molar-refractivity contribution in [1.29, 1.82) is 0 Å². The SMILES string of the molecule is CCC1CCC(N)(c2noc(-c3cn[nH]n3)n2)CC1. The molecule has 0 spiro atoms. The molecule has 1 aliphatic carbocycles. The summed E-state index contributed by atoms with van der Waals surface area (Å²) in [4.78, 5) is 4.37. The molecule has 0 radical (unpaired) electrons. The van der Waals surface area contributed by atoms with Gasteiger partial charge in [0.1, 0.15) is 0 Å². The largest absolute Gasteiger partial charge is 0.332 e. The van der Waals surface area contributed by atoms with Crippen LogP contribution in [0.2, 0.25) is 0 Å². The van der Waals surface area contributed by atoms with Crippen molar-refractivity contribution in [3.63, 3.8) is 0 Å². The van der Waals surface area contributed by atoms with E-state index in [0.29, 0.717) is 17.4 Å². The molecule has 19 heavy (non-hydrogen) atoms. The highest BCUT2D eigenvalue weighted by Crippen LogP contribution is 2.37. The fourth-order valence-corrected chi connectivity index (χ4v) is 2.66. The van der Waals surface area contributed by atoms with Gasteiger partial charge in [0, 0.05) is 0 Å². The van der Waals surface area contributed by atoms with Gasteiger partial charge in [-0.25, -0.2) is 0 Å². The van der Waals surface area contributed by atoms with Crippen LogP contribution in [0.4, 0.5) is 0 Å². The number of H-pyrrole nitrogens is 1. The number of rotatable bonds is 3. The van der Waals surface area contributed by atoms with Crippen molar-refractivity contribution in [2.45, 2.75) is 44.6 Å². The first-order chi connectivity index (χ1) is 9.21. The molecule has 1 fully saturated rings. The molecule has 0 aliphatic heterocycles. The minimum absolute atomic E-state index is 0.367. The standard InChI is InChI=1S/C12H18N6O/c1-2-8-3-5-12(13,6-4-8)11-15-10(19-17-11)9-7-14-18-16-9/h7-8H,2-6,13H2,1H3,(H,14,16,18). The fraction of sp³-hybridized carbons (Fsp3) is 0.667. The summed E-state index contributed by atoms with van der Waals surface area (Å²) in [5.74, 6) is 1.73. The highest BCUT2D eigenvalue weighted by atomic mass is 16.5. The topological polar surface area (TPSA) is 107 Å². The molecule has 2 aromatic rings. The minimum Gasteiger partial charge on any atom is -0.332 e. The van der Waals surface area contributed by atoms with Crippen LogP contribution in [-0.4, -0.2) is 25.6 Å². The summed E-state index contributed by atoms with van der Waals surface area (Å²) in [6, 6.07) is 0. The first kappa shape index (κ1) is 12.3. The van der Waals surface area contributed by atoms with E-state index in [4.69, 9.17) is 10.3 Å². The molecule has 3 N–H and O–H groups in total. The van der Waals surface area contributed by atoms with E-state index in [-0.39, 0.29) is 0 Å². The average Bonchev–Trinajstić information content (AvgIpc) is 3.10. The fourth-order valence-electron chi connectivity index (χ4n) is 2.66. The molecule has 7 heteroatoms. The molecule has 1 aliphatic rings. The van der Waals surface area contributed by atoms with Crippen LogP contribution < -0.4 is 5.73 Å².